The van der Waals surface area contributed by atoms with Gasteiger partial charge in [0.2, 0.25) is 5.91 Å². The molecule has 4 heteroatoms. The minimum atomic E-state index is -0.309. The monoisotopic (exact) mass is 215 g/mol. The second-order valence-corrected chi connectivity index (χ2v) is 3.67. The Morgan fingerprint density at radius 2 is 2.12 bits per heavy atom. The van der Waals surface area contributed by atoms with Crippen LogP contribution in [0.3, 0.4) is 0 Å². The summed E-state index contributed by atoms with van der Waals surface area (Å²) >= 11 is 0. The van der Waals surface area contributed by atoms with Gasteiger partial charge in [-0.15, -0.1) is 0 Å². The molecule has 1 aromatic heterocycles. The molecule has 2 N–H and O–H groups in total. The zero-order valence-electron chi connectivity index (χ0n) is 8.84. The van der Waals surface area contributed by atoms with Crippen LogP contribution in [-0.4, -0.2) is 15.7 Å². The van der Waals surface area contributed by atoms with Crippen LogP contribution in [0.1, 0.15) is 11.1 Å². The van der Waals surface area contributed by atoms with Crippen LogP contribution in [0.4, 0.5) is 0 Å². The Bertz CT molecular complexity index is 477. The number of hydrogen-bond donors (Lipinski definition) is 1. The number of nitrogens with two attached hydrogens (primary N) is 1. The standard InChI is InChI=1S/C12H13N3O/c13-12(16)8-10-3-1-4-11(7-10)9-15-6-2-5-14-15/h1-7H,8-9H2,(H2,13,16). The summed E-state index contributed by atoms with van der Waals surface area (Å²) in [4.78, 5) is 10.8. The predicted octanol–water partition coefficient (Wildman–Crippen LogP) is 0.959. The number of carbonyl (C=O) groups is 1. The topological polar surface area (TPSA) is 60.9 Å². The number of benzene rings is 1. The average molecular weight is 215 g/mol. The van der Waals surface area contributed by atoms with E-state index in [4.69, 9.17) is 5.73 Å². The van der Waals surface area contributed by atoms with Crippen LogP contribution in [0.15, 0.2) is 42.7 Å². The highest BCUT2D eigenvalue weighted by molar-refractivity contribution is 5.76. The molecule has 0 saturated heterocycles. The van der Waals surface area contributed by atoms with Crippen molar-refractivity contribution < 1.29 is 4.79 Å². The molecular weight excluding hydrogens is 202 g/mol. The zero-order chi connectivity index (χ0) is 11.4. The van der Waals surface area contributed by atoms with Crippen molar-refractivity contribution in [2.75, 3.05) is 0 Å². The van der Waals surface area contributed by atoms with Crippen LogP contribution < -0.4 is 5.73 Å². The molecule has 0 aliphatic heterocycles. The first kappa shape index (κ1) is 10.4. The maximum Gasteiger partial charge on any atom is 0.221 e. The number of aromatic nitrogens is 2. The molecule has 2 aromatic rings. The normalized spacial score (nSPS) is 10.2. The highest BCUT2D eigenvalue weighted by Gasteiger charge is 2.00. The lowest BCUT2D eigenvalue weighted by Gasteiger charge is -2.04. The van der Waals surface area contributed by atoms with E-state index in [-0.39, 0.29) is 12.3 Å². The molecule has 4 nitrogen and oxygen atoms in total. The van der Waals surface area contributed by atoms with Crippen molar-refractivity contribution in [2.45, 2.75) is 13.0 Å². The molecule has 82 valence electrons. The highest BCUT2D eigenvalue weighted by Crippen LogP contribution is 2.07. The lowest BCUT2D eigenvalue weighted by molar-refractivity contribution is -0.117. The van der Waals surface area contributed by atoms with E-state index < -0.39 is 0 Å². The van der Waals surface area contributed by atoms with Gasteiger partial charge in [-0.1, -0.05) is 24.3 Å². The van der Waals surface area contributed by atoms with Crippen LogP contribution in [0.5, 0.6) is 0 Å². The van der Waals surface area contributed by atoms with Crippen molar-refractivity contribution in [3.8, 4) is 0 Å². The SMILES string of the molecule is NC(=O)Cc1cccc(Cn2cccn2)c1. The Morgan fingerprint density at radius 3 is 2.81 bits per heavy atom. The van der Waals surface area contributed by atoms with Crippen LogP contribution in [0, 0.1) is 0 Å². The van der Waals surface area contributed by atoms with Crippen LogP contribution in [-0.2, 0) is 17.8 Å². The number of hydrogen-bond acceptors (Lipinski definition) is 2. The fourth-order valence-corrected chi connectivity index (χ4v) is 1.62. The van der Waals surface area contributed by atoms with Gasteiger partial charge in [0.1, 0.15) is 0 Å². The summed E-state index contributed by atoms with van der Waals surface area (Å²) in [5, 5.41) is 4.13. The maximum atomic E-state index is 10.8. The summed E-state index contributed by atoms with van der Waals surface area (Å²) in [5.41, 5.74) is 7.21. The quantitative estimate of drug-likeness (QED) is 0.825. The van der Waals surface area contributed by atoms with Gasteiger partial charge in [-0.05, 0) is 17.2 Å². The molecule has 0 radical (unpaired) electrons. The third-order valence-corrected chi connectivity index (χ3v) is 2.27. The highest BCUT2D eigenvalue weighted by atomic mass is 16.1. The molecule has 0 atom stereocenters. The lowest BCUT2D eigenvalue weighted by atomic mass is 10.1. The summed E-state index contributed by atoms with van der Waals surface area (Å²) in [6.07, 6.45) is 3.93. The number of nitrogens with zero attached hydrogens (tertiary/aromatic N) is 2. The van der Waals surface area contributed by atoms with E-state index in [0.29, 0.717) is 6.54 Å². The number of primary amides is 1. The fourth-order valence-electron chi connectivity index (χ4n) is 1.62. The number of amides is 1. The van der Waals surface area contributed by atoms with E-state index >= 15 is 0 Å². The minimum absolute atomic E-state index is 0.285. The van der Waals surface area contributed by atoms with Crippen molar-refractivity contribution >= 4 is 5.91 Å². The van der Waals surface area contributed by atoms with Crippen molar-refractivity contribution in [1.82, 2.24) is 9.78 Å². The molecule has 1 heterocycles. The van der Waals surface area contributed by atoms with Gasteiger partial charge < -0.3 is 5.73 Å². The Morgan fingerprint density at radius 1 is 1.31 bits per heavy atom. The third kappa shape index (κ3) is 2.70. The molecular formula is C12H13N3O. The largest absolute Gasteiger partial charge is 0.369 e. The van der Waals surface area contributed by atoms with Gasteiger partial charge in [0.05, 0.1) is 13.0 Å². The van der Waals surface area contributed by atoms with Crippen LogP contribution >= 0.6 is 0 Å². The average Bonchev–Trinajstić information content (AvgIpc) is 2.70. The Labute approximate surface area is 93.7 Å². The molecule has 16 heavy (non-hydrogen) atoms. The first-order valence-corrected chi connectivity index (χ1v) is 5.07. The van der Waals surface area contributed by atoms with Crippen molar-refractivity contribution in [1.29, 1.82) is 0 Å². The fraction of sp³-hybridized carbons (Fsp3) is 0.167. The van der Waals surface area contributed by atoms with Gasteiger partial charge >= 0.3 is 0 Å². The van der Waals surface area contributed by atoms with E-state index in [2.05, 4.69) is 5.10 Å². The Hall–Kier alpha value is -2.10. The first-order chi connectivity index (χ1) is 7.74. The Kier molecular flexibility index (Phi) is 3.00. The van der Waals surface area contributed by atoms with Gasteiger partial charge in [0.15, 0.2) is 0 Å². The Balaban J connectivity index is 2.13. The summed E-state index contributed by atoms with van der Waals surface area (Å²) in [6.45, 7) is 0.708. The molecule has 0 unspecified atom stereocenters. The van der Waals surface area contributed by atoms with Crippen LogP contribution in [0.2, 0.25) is 0 Å². The number of carbonyl (C=O) groups excluding carboxylic acids is 1. The second-order valence-electron chi connectivity index (χ2n) is 3.67. The minimum Gasteiger partial charge on any atom is -0.369 e. The van der Waals surface area contributed by atoms with Gasteiger partial charge in [0, 0.05) is 12.4 Å². The van der Waals surface area contributed by atoms with E-state index in [9.17, 15) is 4.79 Å². The van der Waals surface area contributed by atoms with Gasteiger partial charge in [-0.25, -0.2) is 0 Å². The predicted molar refractivity (Wildman–Crippen MR) is 60.7 cm³/mol. The summed E-state index contributed by atoms with van der Waals surface area (Å²) in [7, 11) is 0. The second kappa shape index (κ2) is 4.61. The molecule has 2 rings (SSSR count). The van der Waals surface area contributed by atoms with Gasteiger partial charge in [-0.2, -0.15) is 5.10 Å². The summed E-state index contributed by atoms with van der Waals surface area (Å²) in [5.74, 6) is -0.309. The lowest BCUT2D eigenvalue weighted by Crippen LogP contribution is -2.13. The molecule has 0 fully saturated rings. The first-order valence-electron chi connectivity index (χ1n) is 5.07. The van der Waals surface area contributed by atoms with E-state index in [0.717, 1.165) is 11.1 Å². The molecule has 1 amide bonds. The molecule has 0 saturated carbocycles. The van der Waals surface area contributed by atoms with Crippen molar-refractivity contribution in [3.63, 3.8) is 0 Å². The summed E-state index contributed by atoms with van der Waals surface area (Å²) in [6, 6.07) is 9.69. The zero-order valence-corrected chi connectivity index (χ0v) is 8.84. The summed E-state index contributed by atoms with van der Waals surface area (Å²) < 4.78 is 1.84. The van der Waals surface area contributed by atoms with Crippen molar-refractivity contribution in [3.05, 3.63) is 53.9 Å². The van der Waals surface area contributed by atoms with E-state index in [1.807, 2.05) is 41.2 Å². The molecule has 0 spiro atoms. The molecule has 0 aliphatic rings. The van der Waals surface area contributed by atoms with Gasteiger partial charge in [-0.3, -0.25) is 9.48 Å². The van der Waals surface area contributed by atoms with Gasteiger partial charge in [0.25, 0.3) is 0 Å². The van der Waals surface area contributed by atoms with E-state index in [1.54, 1.807) is 6.20 Å². The number of rotatable bonds is 4. The third-order valence-electron chi connectivity index (χ3n) is 2.27. The molecule has 0 aliphatic carbocycles. The smallest absolute Gasteiger partial charge is 0.221 e. The maximum absolute atomic E-state index is 10.8. The molecule has 1 aromatic carbocycles. The van der Waals surface area contributed by atoms with Crippen molar-refractivity contribution in [2.24, 2.45) is 5.73 Å². The molecule has 0 bridgehead atoms. The van der Waals surface area contributed by atoms with Crippen LogP contribution in [0.25, 0.3) is 0 Å². The van der Waals surface area contributed by atoms with E-state index in [1.165, 1.54) is 0 Å².